The number of carbonyl (C=O) groups is 2. The summed E-state index contributed by atoms with van der Waals surface area (Å²) in [5, 5.41) is 2.76. The molecule has 0 bridgehead atoms. The topological polar surface area (TPSA) is 111 Å². The van der Waals surface area contributed by atoms with Gasteiger partial charge < -0.3 is 19.5 Å². The summed E-state index contributed by atoms with van der Waals surface area (Å²) in [7, 11) is -0.449. The molecule has 0 aliphatic carbocycles. The summed E-state index contributed by atoms with van der Waals surface area (Å²) in [4.78, 5) is 25.1. The number of rotatable bonds is 6. The molecule has 0 spiro atoms. The first-order valence-corrected chi connectivity index (χ1v) is 11.8. The lowest BCUT2D eigenvalue weighted by atomic mass is 10.0. The molecule has 2 aromatic carbocycles. The SMILES string of the molecule is COc1ccc2c(c1OC)C(=O)OC2CC(=O)Nc1cccc(N2CCCCS2(=O)=O)c1. The van der Waals surface area contributed by atoms with Gasteiger partial charge in [-0.2, -0.15) is 0 Å². The summed E-state index contributed by atoms with van der Waals surface area (Å²) in [6.07, 6.45) is 0.577. The Balaban J connectivity index is 1.50. The largest absolute Gasteiger partial charge is 0.493 e. The van der Waals surface area contributed by atoms with E-state index in [1.54, 1.807) is 36.4 Å². The van der Waals surface area contributed by atoms with E-state index in [9.17, 15) is 18.0 Å². The molecule has 0 aromatic heterocycles. The van der Waals surface area contributed by atoms with Gasteiger partial charge in [0.1, 0.15) is 11.7 Å². The number of fused-ring (bicyclic) bond motifs is 1. The van der Waals surface area contributed by atoms with Crippen molar-refractivity contribution in [3.8, 4) is 11.5 Å². The predicted octanol–water partition coefficient (Wildman–Crippen LogP) is 2.87. The van der Waals surface area contributed by atoms with E-state index in [0.29, 0.717) is 35.7 Å². The number of anilines is 2. The second kappa shape index (κ2) is 8.70. The quantitative estimate of drug-likeness (QED) is 0.660. The van der Waals surface area contributed by atoms with Crippen LogP contribution in [-0.4, -0.2) is 46.8 Å². The fourth-order valence-corrected chi connectivity index (χ4v) is 5.65. The van der Waals surface area contributed by atoms with Crippen molar-refractivity contribution in [1.82, 2.24) is 0 Å². The monoisotopic (exact) mass is 460 g/mol. The van der Waals surface area contributed by atoms with Crippen molar-refractivity contribution < 1.29 is 32.2 Å². The van der Waals surface area contributed by atoms with Gasteiger partial charge in [0, 0.05) is 17.8 Å². The van der Waals surface area contributed by atoms with E-state index < -0.39 is 22.1 Å². The normalized spacial score (nSPS) is 19.1. The number of nitrogens with zero attached hydrogens (tertiary/aromatic N) is 1. The minimum absolute atomic E-state index is 0.0968. The average Bonchev–Trinajstić information content (AvgIpc) is 3.08. The minimum Gasteiger partial charge on any atom is -0.493 e. The van der Waals surface area contributed by atoms with Crippen LogP contribution < -0.4 is 19.1 Å². The van der Waals surface area contributed by atoms with Crippen LogP contribution in [0.1, 0.15) is 41.3 Å². The Morgan fingerprint density at radius 1 is 1.19 bits per heavy atom. The summed E-state index contributed by atoms with van der Waals surface area (Å²) in [6, 6.07) is 10.0. The van der Waals surface area contributed by atoms with Gasteiger partial charge in [-0.25, -0.2) is 13.2 Å². The Kier molecular flexibility index (Phi) is 5.96. The number of benzene rings is 2. The first-order valence-electron chi connectivity index (χ1n) is 10.2. The van der Waals surface area contributed by atoms with Crippen molar-refractivity contribution in [2.75, 3.05) is 36.1 Å². The Hall–Kier alpha value is -3.27. The number of nitrogens with one attached hydrogen (secondary N) is 1. The van der Waals surface area contributed by atoms with Crippen LogP contribution in [0.25, 0.3) is 0 Å². The highest BCUT2D eigenvalue weighted by atomic mass is 32.2. The van der Waals surface area contributed by atoms with E-state index in [-0.39, 0.29) is 29.4 Å². The number of carbonyl (C=O) groups excluding carboxylic acids is 2. The first kappa shape index (κ1) is 21.9. The average molecular weight is 461 g/mol. The first-order chi connectivity index (χ1) is 15.3. The number of hydrogen-bond donors (Lipinski definition) is 1. The van der Waals surface area contributed by atoms with Crippen LogP contribution in [-0.2, 0) is 19.6 Å². The summed E-state index contributed by atoms with van der Waals surface area (Å²) in [5.74, 6) is -0.161. The Labute approximate surface area is 186 Å². The van der Waals surface area contributed by atoms with E-state index in [1.807, 2.05) is 0 Å². The van der Waals surface area contributed by atoms with Gasteiger partial charge in [-0.3, -0.25) is 9.10 Å². The molecule has 1 N–H and O–H groups in total. The molecule has 2 aromatic rings. The zero-order chi connectivity index (χ0) is 22.9. The molecule has 170 valence electrons. The molecule has 1 saturated heterocycles. The maximum Gasteiger partial charge on any atom is 0.343 e. The van der Waals surface area contributed by atoms with Gasteiger partial charge in [0.05, 0.1) is 32.1 Å². The maximum atomic E-state index is 12.7. The van der Waals surface area contributed by atoms with Gasteiger partial charge in [-0.05, 0) is 37.1 Å². The van der Waals surface area contributed by atoms with Crippen LogP contribution in [0.15, 0.2) is 36.4 Å². The van der Waals surface area contributed by atoms with Gasteiger partial charge in [-0.15, -0.1) is 0 Å². The number of cyclic esters (lactones) is 1. The van der Waals surface area contributed by atoms with Crippen LogP contribution >= 0.6 is 0 Å². The van der Waals surface area contributed by atoms with Crippen LogP contribution in [0.3, 0.4) is 0 Å². The number of hydrogen-bond acceptors (Lipinski definition) is 7. The van der Waals surface area contributed by atoms with Crippen molar-refractivity contribution in [2.45, 2.75) is 25.4 Å². The van der Waals surface area contributed by atoms with E-state index in [1.165, 1.54) is 18.5 Å². The van der Waals surface area contributed by atoms with Crippen molar-refractivity contribution in [2.24, 2.45) is 0 Å². The lowest BCUT2D eigenvalue weighted by Crippen LogP contribution is -2.37. The molecule has 2 aliphatic rings. The van der Waals surface area contributed by atoms with Gasteiger partial charge in [0.25, 0.3) is 0 Å². The van der Waals surface area contributed by atoms with E-state index >= 15 is 0 Å². The van der Waals surface area contributed by atoms with Crippen molar-refractivity contribution in [1.29, 1.82) is 0 Å². The van der Waals surface area contributed by atoms with Gasteiger partial charge in [0.15, 0.2) is 11.5 Å². The molecule has 2 heterocycles. The zero-order valence-electron chi connectivity index (χ0n) is 17.8. The van der Waals surface area contributed by atoms with Crippen molar-refractivity contribution in [3.63, 3.8) is 0 Å². The van der Waals surface area contributed by atoms with Crippen LogP contribution in [0.4, 0.5) is 11.4 Å². The molecule has 32 heavy (non-hydrogen) atoms. The lowest BCUT2D eigenvalue weighted by Gasteiger charge is -2.28. The molecule has 9 nitrogen and oxygen atoms in total. The minimum atomic E-state index is -3.35. The Bertz CT molecular complexity index is 1160. The third kappa shape index (κ3) is 4.10. The van der Waals surface area contributed by atoms with E-state index in [2.05, 4.69) is 5.32 Å². The maximum absolute atomic E-state index is 12.7. The molecule has 4 rings (SSSR count). The number of ether oxygens (including phenoxy) is 3. The summed E-state index contributed by atoms with van der Waals surface area (Å²) < 4.78 is 42.0. The van der Waals surface area contributed by atoms with E-state index in [0.717, 1.165) is 6.42 Å². The fraction of sp³-hybridized carbons (Fsp3) is 0.364. The molecular formula is C22H24N2O7S. The third-order valence-corrected chi connectivity index (χ3v) is 7.39. The number of esters is 1. The molecular weight excluding hydrogens is 436 g/mol. The van der Waals surface area contributed by atoms with Gasteiger partial charge >= 0.3 is 5.97 Å². The van der Waals surface area contributed by atoms with Crippen LogP contribution in [0, 0.1) is 0 Å². The lowest BCUT2D eigenvalue weighted by molar-refractivity contribution is -0.118. The molecule has 10 heteroatoms. The molecule has 1 unspecified atom stereocenters. The molecule has 2 aliphatic heterocycles. The van der Waals surface area contributed by atoms with Crippen molar-refractivity contribution in [3.05, 3.63) is 47.5 Å². The highest BCUT2D eigenvalue weighted by Gasteiger charge is 2.37. The standard InChI is InChI=1S/C22H24N2O7S/c1-29-17-9-8-16-18(31-22(26)20(16)21(17)30-2)13-19(25)23-14-6-5-7-15(12-14)24-10-3-4-11-32(24,27)28/h5-9,12,18H,3-4,10-11,13H2,1-2H3,(H,23,25). The van der Waals surface area contributed by atoms with Crippen LogP contribution in [0.2, 0.25) is 0 Å². The summed E-state index contributed by atoms with van der Waals surface area (Å²) >= 11 is 0. The second-order valence-corrected chi connectivity index (χ2v) is 9.57. The smallest absolute Gasteiger partial charge is 0.343 e. The molecule has 1 fully saturated rings. The zero-order valence-corrected chi connectivity index (χ0v) is 18.6. The highest BCUT2D eigenvalue weighted by Crippen LogP contribution is 2.43. The van der Waals surface area contributed by atoms with E-state index in [4.69, 9.17) is 14.2 Å². The number of amides is 1. The van der Waals surface area contributed by atoms with Gasteiger partial charge in [0.2, 0.25) is 15.9 Å². The third-order valence-electron chi connectivity index (χ3n) is 5.52. The second-order valence-electron chi connectivity index (χ2n) is 7.56. The molecule has 1 atom stereocenters. The predicted molar refractivity (Wildman–Crippen MR) is 118 cm³/mol. The summed E-state index contributed by atoms with van der Waals surface area (Å²) in [5.41, 5.74) is 1.78. The van der Waals surface area contributed by atoms with Gasteiger partial charge in [-0.1, -0.05) is 12.1 Å². The molecule has 0 saturated carbocycles. The Morgan fingerprint density at radius 3 is 2.72 bits per heavy atom. The Morgan fingerprint density at radius 2 is 2.00 bits per heavy atom. The molecule has 1 amide bonds. The fourth-order valence-electron chi connectivity index (χ4n) is 4.02. The number of sulfonamides is 1. The molecule has 0 radical (unpaired) electrons. The highest BCUT2D eigenvalue weighted by molar-refractivity contribution is 7.92. The number of methoxy groups -OCH3 is 2. The van der Waals surface area contributed by atoms with Crippen LogP contribution in [0.5, 0.6) is 11.5 Å². The summed E-state index contributed by atoms with van der Waals surface area (Å²) in [6.45, 7) is 0.417. The van der Waals surface area contributed by atoms with Crippen molar-refractivity contribution >= 4 is 33.3 Å².